The second-order valence-corrected chi connectivity index (χ2v) is 30.5. The van der Waals surface area contributed by atoms with Crippen LogP contribution in [-0.4, -0.2) is 128 Å². The number of carbonyl (C=O) groups excluding carboxylic acids is 3. The molecular weight excluding hydrogens is 1740 g/mol. The number of phenols is 2. The molecule has 0 heterocycles. The molecule has 8 rings (SSSR count). The number of allylic oxidation sites excluding steroid dienone is 3. The number of aliphatic hydroxyl groups is 2. The molecule has 0 radical (unpaired) electrons. The number of alkyl halides is 6. The predicted molar refractivity (Wildman–Crippen MR) is 454 cm³/mol. The molecule has 0 aliphatic heterocycles. The van der Waals surface area contributed by atoms with E-state index in [0.717, 1.165) is 94.9 Å². The van der Waals surface area contributed by atoms with Gasteiger partial charge in [-0.3, -0.25) is 69.8 Å². The molecule has 0 amide bonds. The molecule has 2 bridgehead atoms. The summed E-state index contributed by atoms with van der Waals surface area (Å²) < 4.78 is 92.0. The van der Waals surface area contributed by atoms with Gasteiger partial charge in [-0.25, -0.2) is 0 Å². The minimum absolute atomic E-state index is 0. The standard InChI is InChI=1S/C20H23N3O5.C19H21N3O5.C18H25NO.C12H14F6O2.3C5H10O2.3CH3.3Ni/c1-11(2)15-7-6-8-16(12(3)4)19(15)21-13(5)17-9-14(22(25)26)10-18(20(17)24)23(27)28;1-11(2)15-6-5-7-16(12(3)4)18(15)20-10-13-8-14(21(24)25)9-17(19(13)23)22(26)27;1-12(2)15-8-6-9-16(13(3)4)18(15)19-17-10-5-7-14(17)11-20;13-11(14,15)10(19,12(16,17)18)6-20-5-9-4-7-1-2-8(9)3-7;3*1-4(2)5(6)7-3;;;;;;/h6-12,24H,1-5H3;5-12,23H,1-4H3;6,8-9,11-13,20H,5,7,10H2,1-4H3;1-2,7-9,19H,3-6H2;3*4H,1-3H3;3*1H3;;;/q;;;;;;;3*-1;;;. The van der Waals surface area contributed by atoms with Gasteiger partial charge in [0.1, 0.15) is 0 Å². The number of hydrogen-bond donors (Lipinski definition) is 4. The van der Waals surface area contributed by atoms with Gasteiger partial charge < -0.3 is 61.7 Å². The third kappa shape index (κ3) is 35.7. The Morgan fingerprint density at radius 2 is 0.885 bits per heavy atom. The van der Waals surface area contributed by atoms with Crippen LogP contribution in [0.25, 0.3) is 0 Å². The number of methoxy groups -OCH3 is 3. The molecule has 2 fully saturated rings. The largest absolute Gasteiger partial charge is 0.515 e. The summed E-state index contributed by atoms with van der Waals surface area (Å²) >= 11 is 0. The zero-order chi connectivity index (χ0) is 88.9. The summed E-state index contributed by atoms with van der Waals surface area (Å²) in [4.78, 5) is 86.2. The normalized spacial score (nSPS) is 15.0. The first-order chi connectivity index (χ1) is 53.8. The molecule has 0 saturated heterocycles. The molecule has 3 atom stereocenters. The summed E-state index contributed by atoms with van der Waals surface area (Å²) in [6, 6.07) is 21.8. The fourth-order valence-electron chi connectivity index (χ4n) is 12.0. The van der Waals surface area contributed by atoms with E-state index >= 15 is 0 Å². The molecule has 0 aromatic heterocycles. The Kier molecular flexibility index (Phi) is 55.7. The Hall–Kier alpha value is -9.02. The molecule has 2 saturated carbocycles. The number of rotatable bonds is 22. The van der Waals surface area contributed by atoms with Crippen molar-refractivity contribution in [1.82, 2.24) is 0 Å². The maximum absolute atomic E-state index is 12.4. The van der Waals surface area contributed by atoms with Crippen molar-refractivity contribution in [3.05, 3.63) is 210 Å². The number of nitrogens with zero attached hydrogens (tertiary/aromatic N) is 7. The van der Waals surface area contributed by atoms with Crippen LogP contribution < -0.4 is 0 Å². The van der Waals surface area contributed by atoms with Gasteiger partial charge in [0.2, 0.25) is 11.5 Å². The van der Waals surface area contributed by atoms with Crippen molar-refractivity contribution < 1.29 is 149 Å². The second-order valence-electron chi connectivity index (χ2n) is 30.5. The first kappa shape index (κ1) is 122. The SMILES string of the molecule is CC(=Nc1c(C(C)C)cccc1C(C)C)c1cc([N+](=O)[O-])cc([N+](=O)[O-])c1O.CC(C)c1cccc(C(C)C)c1N=C1CCCC1=CO.CC(C)c1cccc(C(C)C)c1N=Cc1cc([N+](=O)[O-])cc([N+](=O)[O-])c1O.COC(=O)C(C)C.COC(=O)C(C)C.COC(=O)C(C)C.OC(COCC1CC2C=CC1C2)(C(F)(F)F)C(F)(F)F.[CH3-].[CH3-].[CH3-].[Ni].[Ni].[Ni]. The van der Waals surface area contributed by atoms with Crippen molar-refractivity contribution in [2.45, 2.75) is 217 Å². The van der Waals surface area contributed by atoms with Crippen LogP contribution in [-0.2, 0) is 82.8 Å². The van der Waals surface area contributed by atoms with Crippen molar-refractivity contribution >= 4 is 75.4 Å². The minimum atomic E-state index is -5.82. The number of nitro benzene ring substituents is 4. The summed E-state index contributed by atoms with van der Waals surface area (Å²) in [5.41, 5.74) is 4.07. The number of esters is 3. The van der Waals surface area contributed by atoms with Crippen LogP contribution in [0.5, 0.6) is 11.5 Å². The van der Waals surface area contributed by atoms with Gasteiger partial charge >= 0.3 is 41.6 Å². The summed E-state index contributed by atoms with van der Waals surface area (Å²) in [6.07, 6.45) is -0.668. The topological polar surface area (TPSA) is 379 Å². The van der Waals surface area contributed by atoms with Crippen LogP contribution >= 0.6 is 0 Å². The minimum Gasteiger partial charge on any atom is -0.515 e. The molecule has 35 heteroatoms. The predicted octanol–water partition coefficient (Wildman–Crippen LogP) is 23.3. The number of non-ortho nitro benzene ring substituents is 2. The molecule has 694 valence electrons. The van der Waals surface area contributed by atoms with Gasteiger partial charge in [-0.2, -0.15) is 26.3 Å². The Bertz CT molecular complexity index is 4210. The quantitative estimate of drug-likeness (QED) is 0.00478. The first-order valence-electron chi connectivity index (χ1n) is 37.9. The Labute approximate surface area is 744 Å². The van der Waals surface area contributed by atoms with Crippen molar-refractivity contribution in [3.8, 4) is 11.5 Å². The maximum Gasteiger partial charge on any atom is 0.428 e. The fourth-order valence-corrected chi connectivity index (χ4v) is 12.0. The summed E-state index contributed by atoms with van der Waals surface area (Å²) in [5, 5.41) is 83.2. The van der Waals surface area contributed by atoms with Gasteiger partial charge in [0.15, 0.2) is 0 Å². The number of fused-ring (bicyclic) bond motifs is 2. The molecule has 5 aromatic rings. The van der Waals surface area contributed by atoms with E-state index in [2.05, 4.69) is 74.8 Å². The average molecular weight is 1860 g/mol. The van der Waals surface area contributed by atoms with Crippen LogP contribution in [0.15, 0.2) is 118 Å². The second kappa shape index (κ2) is 56.0. The van der Waals surface area contributed by atoms with Crippen LogP contribution in [0.2, 0.25) is 0 Å². The van der Waals surface area contributed by atoms with Crippen molar-refractivity contribution in [1.29, 1.82) is 0 Å². The van der Waals surface area contributed by atoms with Crippen molar-refractivity contribution in [3.63, 3.8) is 0 Å². The van der Waals surface area contributed by atoms with E-state index in [1.54, 1.807) is 48.5 Å². The van der Waals surface area contributed by atoms with Gasteiger partial charge in [0, 0.05) is 90.4 Å². The molecule has 5 aromatic carbocycles. The molecule has 26 nitrogen and oxygen atoms in total. The summed E-state index contributed by atoms with van der Waals surface area (Å²) in [7, 11) is 4.17. The van der Waals surface area contributed by atoms with Gasteiger partial charge in [0.05, 0.1) is 113 Å². The van der Waals surface area contributed by atoms with Gasteiger partial charge in [-0.05, 0) is 126 Å². The van der Waals surface area contributed by atoms with E-state index in [1.165, 1.54) is 44.9 Å². The van der Waals surface area contributed by atoms with E-state index in [1.807, 2.05) is 104 Å². The van der Waals surface area contributed by atoms with E-state index in [-0.39, 0.29) is 166 Å². The van der Waals surface area contributed by atoms with Crippen LogP contribution in [0.1, 0.15) is 244 Å². The number of hydrogen-bond acceptors (Lipinski definition) is 22. The monoisotopic (exact) mass is 1860 g/mol. The zero-order valence-electron chi connectivity index (χ0n) is 74.0. The number of benzene rings is 5. The smallest absolute Gasteiger partial charge is 0.428 e. The van der Waals surface area contributed by atoms with Gasteiger partial charge in [0.25, 0.3) is 17.0 Å². The molecule has 0 spiro atoms. The number of phenolic OH excluding ortho intramolecular Hbond substituents is 2. The molecule has 4 N–H and O–H groups in total. The molecule has 3 aliphatic carbocycles. The Morgan fingerprint density at radius 3 is 1.19 bits per heavy atom. The van der Waals surface area contributed by atoms with E-state index in [0.29, 0.717) is 29.9 Å². The fraction of sp³-hybridized carbons (Fsp3) is 0.506. The van der Waals surface area contributed by atoms with Crippen LogP contribution in [0.4, 0.5) is 66.2 Å². The number of para-hydroxylation sites is 3. The summed E-state index contributed by atoms with van der Waals surface area (Å²) in [5.74, 6) is 0.335. The number of aliphatic hydroxyl groups excluding tert-OH is 1. The van der Waals surface area contributed by atoms with E-state index in [9.17, 15) is 96.5 Å². The summed E-state index contributed by atoms with van der Waals surface area (Å²) in [6.45, 7) is 35.4. The Morgan fingerprint density at radius 1 is 0.525 bits per heavy atom. The first-order valence-corrected chi connectivity index (χ1v) is 37.9. The van der Waals surface area contributed by atoms with Gasteiger partial charge in [-0.15, -0.1) is 0 Å². The van der Waals surface area contributed by atoms with Crippen molar-refractivity contribution in [2.24, 2.45) is 50.5 Å². The van der Waals surface area contributed by atoms with Crippen LogP contribution in [0, 0.1) is 98.2 Å². The third-order valence-electron chi connectivity index (χ3n) is 18.7. The van der Waals surface area contributed by atoms with Crippen LogP contribution in [0.3, 0.4) is 0 Å². The van der Waals surface area contributed by atoms with E-state index in [4.69, 9.17) is 10.1 Å². The molecular formula is C87H122F6N7Ni3O19-3. The number of ether oxygens (including phenoxy) is 4. The van der Waals surface area contributed by atoms with Gasteiger partial charge in [-0.1, -0.05) is 191 Å². The molecule has 122 heavy (non-hydrogen) atoms. The number of carbonyl (C=O) groups is 3. The number of aliphatic imine (C=N–C) groups is 3. The third-order valence-corrected chi connectivity index (χ3v) is 18.7. The zero-order valence-corrected chi connectivity index (χ0v) is 76.9. The number of halogens is 6. The Balaban J connectivity index is -0.000000457. The maximum atomic E-state index is 12.4. The van der Waals surface area contributed by atoms with Crippen molar-refractivity contribution in [2.75, 3.05) is 34.5 Å². The average Bonchev–Trinajstić information content (AvgIpc) is 0.793. The molecule has 3 aliphatic rings. The van der Waals surface area contributed by atoms with E-state index < -0.39 is 78.5 Å². The molecule has 3 unspecified atom stereocenters. The number of aromatic hydroxyl groups is 2. The number of nitro groups is 4.